The molecule has 0 bridgehead atoms. The fraction of sp³-hybridized carbons (Fsp3) is 0.429. The van der Waals surface area contributed by atoms with Crippen LogP contribution in [0.25, 0.3) is 11.0 Å². The highest BCUT2D eigenvalue weighted by molar-refractivity contribution is 5.78. The Morgan fingerprint density at radius 1 is 1.29 bits per heavy atom. The van der Waals surface area contributed by atoms with Crippen LogP contribution in [0.3, 0.4) is 0 Å². The molecule has 2 aromatic rings. The molecular weight excluding hydrogens is 217 g/mol. The lowest BCUT2D eigenvalue weighted by Gasteiger charge is -2.15. The van der Waals surface area contributed by atoms with Gasteiger partial charge in [0.2, 0.25) is 0 Å². The van der Waals surface area contributed by atoms with E-state index in [2.05, 4.69) is 19.2 Å². The molecule has 0 saturated carbocycles. The van der Waals surface area contributed by atoms with E-state index < -0.39 is 0 Å². The maximum absolute atomic E-state index is 13.1. The highest BCUT2D eigenvalue weighted by Crippen LogP contribution is 2.27. The predicted molar refractivity (Wildman–Crippen MR) is 67.4 cm³/mol. The van der Waals surface area contributed by atoms with Crippen molar-refractivity contribution in [3.63, 3.8) is 0 Å². The number of furan rings is 1. The van der Waals surface area contributed by atoms with Gasteiger partial charge in [0.1, 0.15) is 17.2 Å². The zero-order valence-corrected chi connectivity index (χ0v) is 10.5. The van der Waals surface area contributed by atoms with Crippen molar-refractivity contribution in [2.75, 3.05) is 7.05 Å². The summed E-state index contributed by atoms with van der Waals surface area (Å²) in [5, 5.41) is 4.06. The zero-order valence-electron chi connectivity index (χ0n) is 10.5. The van der Waals surface area contributed by atoms with Crippen LogP contribution in [-0.2, 0) is 0 Å². The van der Waals surface area contributed by atoms with Crippen molar-refractivity contribution < 1.29 is 8.81 Å². The molecule has 0 aliphatic rings. The summed E-state index contributed by atoms with van der Waals surface area (Å²) in [6.45, 7) is 4.35. The fourth-order valence-corrected chi connectivity index (χ4v) is 2.05. The van der Waals surface area contributed by atoms with E-state index in [0.717, 1.165) is 23.2 Å². The van der Waals surface area contributed by atoms with Gasteiger partial charge in [0.25, 0.3) is 0 Å². The molecule has 0 aliphatic carbocycles. The van der Waals surface area contributed by atoms with Crippen LogP contribution in [-0.4, -0.2) is 7.05 Å². The molecule has 0 saturated heterocycles. The van der Waals surface area contributed by atoms with E-state index in [4.69, 9.17) is 4.42 Å². The van der Waals surface area contributed by atoms with Gasteiger partial charge < -0.3 is 9.73 Å². The summed E-state index contributed by atoms with van der Waals surface area (Å²) in [6.07, 6.45) is 0.999. The lowest BCUT2D eigenvalue weighted by Crippen LogP contribution is -2.17. The molecule has 17 heavy (non-hydrogen) atoms. The summed E-state index contributed by atoms with van der Waals surface area (Å²) in [7, 11) is 1.92. The third-order valence-corrected chi connectivity index (χ3v) is 2.90. The number of hydrogen-bond acceptors (Lipinski definition) is 2. The Hall–Kier alpha value is -1.35. The fourth-order valence-electron chi connectivity index (χ4n) is 2.05. The first kappa shape index (κ1) is 12.1. The average molecular weight is 235 g/mol. The molecule has 2 nitrogen and oxygen atoms in total. The molecule has 92 valence electrons. The van der Waals surface area contributed by atoms with Crippen LogP contribution in [0.5, 0.6) is 0 Å². The van der Waals surface area contributed by atoms with Gasteiger partial charge in [-0.05, 0) is 43.7 Å². The normalized spacial score (nSPS) is 13.5. The van der Waals surface area contributed by atoms with Crippen molar-refractivity contribution in [1.82, 2.24) is 5.32 Å². The maximum Gasteiger partial charge on any atom is 0.134 e. The van der Waals surface area contributed by atoms with Gasteiger partial charge in [-0.3, -0.25) is 0 Å². The summed E-state index contributed by atoms with van der Waals surface area (Å²) >= 11 is 0. The standard InChI is InChI=1S/C14H18FNO/c1-9(2)6-12(16-3)14-8-10-7-11(15)4-5-13(10)17-14/h4-5,7-9,12,16H,6H2,1-3H3. The van der Waals surface area contributed by atoms with Crippen molar-refractivity contribution in [2.45, 2.75) is 26.3 Å². The molecule has 1 atom stereocenters. The molecule has 1 heterocycles. The minimum atomic E-state index is -0.227. The average Bonchev–Trinajstić information content (AvgIpc) is 2.68. The molecule has 0 spiro atoms. The summed E-state index contributed by atoms with van der Waals surface area (Å²) in [6, 6.07) is 6.71. The number of hydrogen-bond donors (Lipinski definition) is 1. The number of benzene rings is 1. The second kappa shape index (κ2) is 4.88. The maximum atomic E-state index is 13.1. The molecule has 1 aromatic heterocycles. The molecular formula is C14H18FNO. The van der Waals surface area contributed by atoms with Crippen molar-refractivity contribution in [3.8, 4) is 0 Å². The van der Waals surface area contributed by atoms with E-state index >= 15 is 0 Å². The highest BCUT2D eigenvalue weighted by atomic mass is 19.1. The third-order valence-electron chi connectivity index (χ3n) is 2.90. The van der Waals surface area contributed by atoms with Gasteiger partial charge in [-0.25, -0.2) is 4.39 Å². The van der Waals surface area contributed by atoms with E-state index in [0.29, 0.717) is 5.92 Å². The van der Waals surface area contributed by atoms with Crippen molar-refractivity contribution in [3.05, 3.63) is 35.8 Å². The van der Waals surface area contributed by atoms with Gasteiger partial charge >= 0.3 is 0 Å². The Labute approximate surface area is 101 Å². The van der Waals surface area contributed by atoms with E-state index in [-0.39, 0.29) is 11.9 Å². The minimum Gasteiger partial charge on any atom is -0.459 e. The van der Waals surface area contributed by atoms with E-state index in [1.165, 1.54) is 12.1 Å². The minimum absolute atomic E-state index is 0.186. The smallest absolute Gasteiger partial charge is 0.134 e. The lowest BCUT2D eigenvalue weighted by molar-refractivity contribution is 0.390. The van der Waals surface area contributed by atoms with E-state index in [1.54, 1.807) is 6.07 Å². The molecule has 2 rings (SSSR count). The van der Waals surface area contributed by atoms with Crippen molar-refractivity contribution in [1.29, 1.82) is 0 Å². The molecule has 1 N–H and O–H groups in total. The van der Waals surface area contributed by atoms with Crippen LogP contribution in [0.1, 0.15) is 32.1 Å². The predicted octanol–water partition coefficient (Wildman–Crippen LogP) is 3.88. The summed E-state index contributed by atoms with van der Waals surface area (Å²) in [5.74, 6) is 1.23. The first-order valence-electron chi connectivity index (χ1n) is 5.96. The van der Waals surface area contributed by atoms with Crippen LogP contribution in [0.15, 0.2) is 28.7 Å². The molecule has 1 unspecified atom stereocenters. The molecule has 0 radical (unpaired) electrons. The summed E-state index contributed by atoms with van der Waals surface area (Å²) in [5.41, 5.74) is 0.741. The second-order valence-electron chi connectivity index (χ2n) is 4.80. The van der Waals surface area contributed by atoms with Crippen molar-refractivity contribution >= 4 is 11.0 Å². The SMILES string of the molecule is CNC(CC(C)C)c1cc2cc(F)ccc2o1. The zero-order chi connectivity index (χ0) is 12.4. The lowest BCUT2D eigenvalue weighted by atomic mass is 10.0. The first-order valence-corrected chi connectivity index (χ1v) is 5.96. The van der Waals surface area contributed by atoms with E-state index in [9.17, 15) is 4.39 Å². The van der Waals surface area contributed by atoms with Gasteiger partial charge in [0, 0.05) is 5.39 Å². The summed E-state index contributed by atoms with van der Waals surface area (Å²) < 4.78 is 18.8. The number of rotatable bonds is 4. The largest absolute Gasteiger partial charge is 0.459 e. The topological polar surface area (TPSA) is 25.2 Å². The van der Waals surface area contributed by atoms with Crippen LogP contribution >= 0.6 is 0 Å². The number of nitrogens with one attached hydrogen (secondary N) is 1. The highest BCUT2D eigenvalue weighted by Gasteiger charge is 2.16. The van der Waals surface area contributed by atoms with Crippen LogP contribution in [0.4, 0.5) is 4.39 Å². The Kier molecular flexibility index (Phi) is 3.48. The molecule has 1 aromatic carbocycles. The van der Waals surface area contributed by atoms with E-state index in [1.807, 2.05) is 13.1 Å². The molecule has 0 amide bonds. The quantitative estimate of drug-likeness (QED) is 0.870. The van der Waals surface area contributed by atoms with Crippen LogP contribution in [0, 0.1) is 11.7 Å². The third kappa shape index (κ3) is 2.67. The van der Waals surface area contributed by atoms with Gasteiger partial charge in [-0.1, -0.05) is 13.8 Å². The van der Waals surface area contributed by atoms with Gasteiger partial charge in [0.05, 0.1) is 6.04 Å². The van der Waals surface area contributed by atoms with Crippen molar-refractivity contribution in [2.24, 2.45) is 5.92 Å². The summed E-state index contributed by atoms with van der Waals surface area (Å²) in [4.78, 5) is 0. The number of halogens is 1. The number of fused-ring (bicyclic) bond motifs is 1. The van der Waals surface area contributed by atoms with Gasteiger partial charge in [0.15, 0.2) is 0 Å². The Balaban J connectivity index is 2.34. The Morgan fingerprint density at radius 3 is 2.71 bits per heavy atom. The van der Waals surface area contributed by atoms with Gasteiger partial charge in [-0.15, -0.1) is 0 Å². The Bertz CT molecular complexity index is 504. The molecule has 0 fully saturated rings. The van der Waals surface area contributed by atoms with Crippen LogP contribution in [0.2, 0.25) is 0 Å². The first-order chi connectivity index (χ1) is 8.10. The monoisotopic (exact) mass is 235 g/mol. The van der Waals surface area contributed by atoms with Crippen LogP contribution < -0.4 is 5.32 Å². The molecule has 0 aliphatic heterocycles. The van der Waals surface area contributed by atoms with Gasteiger partial charge in [-0.2, -0.15) is 0 Å². The Morgan fingerprint density at radius 2 is 2.06 bits per heavy atom. The second-order valence-corrected chi connectivity index (χ2v) is 4.80. The molecule has 3 heteroatoms.